The molecule has 0 aromatic heterocycles. The van der Waals surface area contributed by atoms with Crippen molar-refractivity contribution < 1.29 is 4.74 Å². The van der Waals surface area contributed by atoms with Crippen molar-refractivity contribution in [3.8, 4) is 33.8 Å². The lowest BCUT2D eigenvalue weighted by molar-refractivity contribution is 0.436. The highest BCUT2D eigenvalue weighted by Gasteiger charge is 2.51. The summed E-state index contributed by atoms with van der Waals surface area (Å²) in [6, 6.07) is 89.7. The third kappa shape index (κ3) is 5.51. The van der Waals surface area contributed by atoms with Gasteiger partial charge in [0.15, 0.2) is 0 Å². The number of para-hydroxylation sites is 3. The summed E-state index contributed by atoms with van der Waals surface area (Å²) in [7, 11) is 0. The highest BCUT2D eigenvalue weighted by atomic mass is 16.5. The van der Waals surface area contributed by atoms with E-state index in [2.05, 4.69) is 248 Å². The van der Waals surface area contributed by atoms with E-state index in [1.807, 2.05) is 0 Å². The van der Waals surface area contributed by atoms with Crippen LogP contribution in [-0.4, -0.2) is 0 Å². The van der Waals surface area contributed by atoms with Crippen molar-refractivity contribution in [2.45, 2.75) is 17.8 Å². The van der Waals surface area contributed by atoms with Gasteiger partial charge in [-0.05, 0) is 126 Å². The zero-order valence-electron chi connectivity index (χ0n) is 36.7. The van der Waals surface area contributed by atoms with Crippen molar-refractivity contribution in [1.29, 1.82) is 0 Å². The van der Waals surface area contributed by atoms with Crippen LogP contribution in [0.4, 0.5) is 17.1 Å². The first kappa shape index (κ1) is 37.9. The molecule has 11 aromatic carbocycles. The lowest BCUT2D eigenvalue weighted by Crippen LogP contribution is -2.32. The number of fused-ring (bicyclic) bond motifs is 15. The van der Waals surface area contributed by atoms with E-state index in [9.17, 15) is 0 Å². The zero-order chi connectivity index (χ0) is 44.1. The summed E-state index contributed by atoms with van der Waals surface area (Å²) in [5.41, 5.74) is 19.6. The van der Waals surface area contributed by atoms with Crippen molar-refractivity contribution in [2.24, 2.45) is 0 Å². The molecule has 2 nitrogen and oxygen atoms in total. The summed E-state index contributed by atoms with van der Waals surface area (Å²) in [6.07, 6.45) is 0.870. The van der Waals surface area contributed by atoms with Gasteiger partial charge in [0, 0.05) is 33.8 Å². The first-order valence-corrected chi connectivity index (χ1v) is 23.4. The van der Waals surface area contributed by atoms with Crippen LogP contribution in [0.3, 0.4) is 0 Å². The van der Waals surface area contributed by atoms with E-state index < -0.39 is 5.41 Å². The molecule has 3 aliphatic rings. The Labute approximate surface area is 390 Å². The Hall–Kier alpha value is -8.46. The van der Waals surface area contributed by atoms with E-state index in [0.717, 1.165) is 35.0 Å². The van der Waals surface area contributed by atoms with Crippen molar-refractivity contribution in [1.82, 2.24) is 0 Å². The van der Waals surface area contributed by atoms with E-state index in [1.54, 1.807) is 0 Å². The lowest BCUT2D eigenvalue weighted by atomic mass is 9.66. The highest BCUT2D eigenvalue weighted by molar-refractivity contribution is 6.09. The molecule has 0 fully saturated rings. The van der Waals surface area contributed by atoms with E-state index >= 15 is 0 Å². The summed E-state index contributed by atoms with van der Waals surface area (Å²) < 4.78 is 6.66. The fraction of sp³-hybridized carbons (Fsp3) is 0.0462. The molecule has 0 saturated heterocycles. The maximum absolute atomic E-state index is 6.66. The maximum Gasteiger partial charge on any atom is 0.132 e. The van der Waals surface area contributed by atoms with Gasteiger partial charge in [0.05, 0.1) is 11.1 Å². The number of ether oxygens (including phenoxy) is 1. The van der Waals surface area contributed by atoms with Crippen LogP contribution < -0.4 is 9.64 Å². The van der Waals surface area contributed by atoms with Crippen LogP contribution in [0.2, 0.25) is 0 Å². The van der Waals surface area contributed by atoms with Crippen LogP contribution in [0.1, 0.15) is 56.0 Å². The van der Waals surface area contributed by atoms with Gasteiger partial charge in [-0.2, -0.15) is 0 Å². The third-order valence-corrected chi connectivity index (χ3v) is 14.8. The molecule has 0 bridgehead atoms. The van der Waals surface area contributed by atoms with E-state index in [1.165, 1.54) is 93.9 Å². The van der Waals surface area contributed by atoms with Crippen LogP contribution in [-0.2, 0) is 11.8 Å². The zero-order valence-corrected chi connectivity index (χ0v) is 36.7. The van der Waals surface area contributed by atoms with Crippen molar-refractivity contribution in [2.75, 3.05) is 4.90 Å². The van der Waals surface area contributed by atoms with Gasteiger partial charge in [-0.3, -0.25) is 0 Å². The van der Waals surface area contributed by atoms with Gasteiger partial charge in [0.25, 0.3) is 0 Å². The molecule has 0 saturated carbocycles. The van der Waals surface area contributed by atoms with Gasteiger partial charge in [-0.15, -0.1) is 0 Å². The van der Waals surface area contributed by atoms with Crippen molar-refractivity contribution >= 4 is 38.6 Å². The molecule has 14 rings (SSSR count). The molecule has 314 valence electrons. The number of hydrogen-bond donors (Lipinski definition) is 0. The Morgan fingerprint density at radius 2 is 0.955 bits per heavy atom. The molecule has 0 radical (unpaired) electrons. The second-order valence-corrected chi connectivity index (χ2v) is 18.2. The predicted octanol–water partition coefficient (Wildman–Crippen LogP) is 16.7. The minimum Gasteiger partial charge on any atom is -0.457 e. The van der Waals surface area contributed by atoms with Crippen LogP contribution in [0.25, 0.3) is 43.8 Å². The summed E-state index contributed by atoms with van der Waals surface area (Å²) >= 11 is 0. The molecule has 0 amide bonds. The van der Waals surface area contributed by atoms with E-state index in [0.29, 0.717) is 0 Å². The van der Waals surface area contributed by atoms with Crippen molar-refractivity contribution in [3.63, 3.8) is 0 Å². The number of hydrogen-bond acceptors (Lipinski definition) is 2. The fourth-order valence-corrected chi connectivity index (χ4v) is 12.2. The molecular formula is C65H43NO. The molecule has 0 N–H and O–H groups in total. The van der Waals surface area contributed by atoms with Gasteiger partial charge in [0.2, 0.25) is 0 Å². The lowest BCUT2D eigenvalue weighted by Gasteiger charge is -2.39. The molecule has 67 heavy (non-hydrogen) atoms. The summed E-state index contributed by atoms with van der Waals surface area (Å²) in [6.45, 7) is 0. The van der Waals surface area contributed by atoms with Gasteiger partial charge in [0.1, 0.15) is 11.5 Å². The Morgan fingerprint density at radius 1 is 0.403 bits per heavy atom. The Bertz CT molecular complexity index is 3680. The van der Waals surface area contributed by atoms with Gasteiger partial charge in [-0.25, -0.2) is 0 Å². The standard InChI is InChI=1S/C65H43NO/c1-4-20-42(21-5-1)62(43-22-6-2-7-23-43)64-48-27-11-10-24-44(48)38-45-39-52-49-28-12-13-30-51(49)59(41-54(52)63(45)64)66(46-25-8-3-9-26-46)47-36-37-56-53(40-47)50-29-14-15-31-55(50)65(56)57-32-16-18-34-60(57)67-61-35-19-17-33-58(61)65/h1-38,40-41,62H,39H2. The second kappa shape index (κ2) is 14.8. The van der Waals surface area contributed by atoms with Crippen LogP contribution >= 0.6 is 0 Å². The largest absolute Gasteiger partial charge is 0.457 e. The summed E-state index contributed by atoms with van der Waals surface area (Å²) in [4.78, 5) is 2.51. The van der Waals surface area contributed by atoms with E-state index in [4.69, 9.17) is 4.74 Å². The number of anilines is 3. The molecule has 1 aliphatic heterocycles. The fourth-order valence-electron chi connectivity index (χ4n) is 12.2. The van der Waals surface area contributed by atoms with Crippen LogP contribution in [0, 0.1) is 0 Å². The predicted molar refractivity (Wildman–Crippen MR) is 276 cm³/mol. The summed E-state index contributed by atoms with van der Waals surface area (Å²) in [5, 5.41) is 5.10. The second-order valence-electron chi connectivity index (χ2n) is 18.2. The summed E-state index contributed by atoms with van der Waals surface area (Å²) in [5.74, 6) is 1.83. The molecule has 1 spiro atoms. The highest BCUT2D eigenvalue weighted by Crippen LogP contribution is 2.63. The molecule has 1 heterocycles. The average molecular weight is 854 g/mol. The molecule has 0 atom stereocenters. The molecule has 11 aromatic rings. The quantitative estimate of drug-likeness (QED) is 0.155. The minimum atomic E-state index is -0.537. The smallest absolute Gasteiger partial charge is 0.132 e. The van der Waals surface area contributed by atoms with Gasteiger partial charge in [-0.1, -0.05) is 200 Å². The Balaban J connectivity index is 1.04. The SMILES string of the molecule is c1ccc(C(c2ccccc2)c2c3c(cc4ccccc24)Cc2c-3cc(N(c3ccccc3)c3ccc4c(c3)-c3ccccc3C43c4ccccc4Oc4ccccc43)c3ccccc23)cc1. The van der Waals surface area contributed by atoms with Crippen molar-refractivity contribution in [3.05, 3.63) is 293 Å². The minimum absolute atomic E-state index is 0.0258. The van der Waals surface area contributed by atoms with Gasteiger partial charge >= 0.3 is 0 Å². The molecular weight excluding hydrogens is 811 g/mol. The first-order chi connectivity index (χ1) is 33.3. The first-order valence-electron chi connectivity index (χ1n) is 23.4. The van der Waals surface area contributed by atoms with E-state index in [-0.39, 0.29) is 5.92 Å². The van der Waals surface area contributed by atoms with Crippen LogP contribution in [0.15, 0.2) is 243 Å². The maximum atomic E-state index is 6.66. The van der Waals surface area contributed by atoms with Crippen LogP contribution in [0.5, 0.6) is 11.5 Å². The molecule has 0 unspecified atom stereocenters. The number of benzene rings is 11. The Kier molecular flexibility index (Phi) is 8.36. The third-order valence-electron chi connectivity index (χ3n) is 14.8. The number of nitrogens with zero attached hydrogens (tertiary/aromatic N) is 1. The molecule has 2 heteroatoms. The normalized spacial score (nSPS) is 13.4. The monoisotopic (exact) mass is 853 g/mol. The number of rotatable bonds is 6. The molecule has 2 aliphatic carbocycles. The topological polar surface area (TPSA) is 12.5 Å². The average Bonchev–Trinajstić information content (AvgIpc) is 3.91. The Morgan fingerprint density at radius 3 is 1.66 bits per heavy atom. The van der Waals surface area contributed by atoms with Gasteiger partial charge < -0.3 is 9.64 Å².